The molecule has 0 amide bonds. The van der Waals surface area contributed by atoms with Crippen LogP contribution in [-0.4, -0.2) is 0 Å². The summed E-state index contributed by atoms with van der Waals surface area (Å²) in [5.41, 5.74) is 0. The Bertz CT molecular complexity index is 262. The van der Waals surface area contributed by atoms with Gasteiger partial charge in [-0.1, -0.05) is 0 Å². The first kappa shape index (κ1) is 7.11. The average Bonchev–Trinajstić information content (AvgIpc) is 1.94. The SMILES string of the molecule is C#CC[n+]1ccccc1Cl. The molecule has 0 spiro atoms. The van der Waals surface area contributed by atoms with Crippen LogP contribution in [0.5, 0.6) is 0 Å². The van der Waals surface area contributed by atoms with Crippen LogP contribution in [0.1, 0.15) is 0 Å². The van der Waals surface area contributed by atoms with E-state index in [4.69, 9.17) is 18.0 Å². The molecule has 0 aliphatic heterocycles. The van der Waals surface area contributed by atoms with Gasteiger partial charge in [-0.25, -0.2) is 0 Å². The number of aromatic nitrogens is 1. The van der Waals surface area contributed by atoms with Crippen LogP contribution in [0, 0.1) is 12.3 Å². The quantitative estimate of drug-likeness (QED) is 0.324. The molecule has 1 aromatic rings. The number of hydrogen-bond donors (Lipinski definition) is 0. The van der Waals surface area contributed by atoms with Crippen LogP contribution < -0.4 is 4.57 Å². The lowest BCUT2D eigenvalue weighted by Crippen LogP contribution is -2.33. The van der Waals surface area contributed by atoms with E-state index >= 15 is 0 Å². The Morgan fingerprint density at radius 3 is 3.00 bits per heavy atom. The highest BCUT2D eigenvalue weighted by Gasteiger charge is 2.01. The number of hydrogen-bond acceptors (Lipinski definition) is 0. The Morgan fingerprint density at radius 1 is 1.60 bits per heavy atom. The Kier molecular flexibility index (Phi) is 2.30. The van der Waals surface area contributed by atoms with Crippen LogP contribution in [0.4, 0.5) is 0 Å². The van der Waals surface area contributed by atoms with Gasteiger partial charge in [0.05, 0.1) is 0 Å². The predicted molar refractivity (Wildman–Crippen MR) is 40.5 cm³/mol. The number of pyridine rings is 1. The van der Waals surface area contributed by atoms with Gasteiger partial charge in [-0.2, -0.15) is 4.57 Å². The van der Waals surface area contributed by atoms with Gasteiger partial charge in [0.1, 0.15) is 0 Å². The third kappa shape index (κ3) is 1.49. The molecule has 0 fully saturated rings. The summed E-state index contributed by atoms with van der Waals surface area (Å²) in [6.07, 6.45) is 6.95. The molecule has 0 aliphatic rings. The van der Waals surface area contributed by atoms with Gasteiger partial charge in [0, 0.05) is 12.1 Å². The van der Waals surface area contributed by atoms with Gasteiger partial charge in [-0.05, 0) is 23.6 Å². The molecule has 0 atom stereocenters. The number of halogens is 1. The molecule has 1 nitrogen and oxygen atoms in total. The van der Waals surface area contributed by atoms with E-state index in [1.54, 1.807) is 10.6 Å². The molecule has 0 saturated carbocycles. The summed E-state index contributed by atoms with van der Waals surface area (Å²) in [6, 6.07) is 5.57. The van der Waals surface area contributed by atoms with Crippen molar-refractivity contribution in [1.82, 2.24) is 0 Å². The number of nitrogens with zero attached hydrogens (tertiary/aromatic N) is 1. The lowest BCUT2D eigenvalue weighted by molar-refractivity contribution is -0.682. The summed E-state index contributed by atoms with van der Waals surface area (Å²) >= 11 is 5.77. The maximum Gasteiger partial charge on any atom is 0.275 e. The number of terminal acetylenes is 1. The van der Waals surface area contributed by atoms with Crippen LogP contribution in [-0.2, 0) is 6.54 Å². The molecule has 2 heteroatoms. The Balaban J connectivity index is 2.94. The van der Waals surface area contributed by atoms with Gasteiger partial charge in [0.15, 0.2) is 6.20 Å². The Morgan fingerprint density at radius 2 is 2.40 bits per heavy atom. The summed E-state index contributed by atoms with van der Waals surface area (Å²) in [4.78, 5) is 0. The molecule has 0 unspecified atom stereocenters. The molecule has 0 aromatic carbocycles. The summed E-state index contributed by atoms with van der Waals surface area (Å²) < 4.78 is 1.79. The van der Waals surface area contributed by atoms with E-state index in [9.17, 15) is 0 Å². The first-order valence-electron chi connectivity index (χ1n) is 2.92. The summed E-state index contributed by atoms with van der Waals surface area (Å²) in [7, 11) is 0. The van der Waals surface area contributed by atoms with Crippen molar-refractivity contribution in [2.75, 3.05) is 0 Å². The largest absolute Gasteiger partial charge is 0.275 e. The predicted octanol–water partition coefficient (Wildman–Crippen LogP) is 1.26. The maximum absolute atomic E-state index is 5.77. The highest BCUT2D eigenvalue weighted by Crippen LogP contribution is 1.97. The standard InChI is InChI=1S/C8H7ClN/c1-2-6-10-7-4-3-5-8(10)9/h1,3-5,7H,6H2/q+1. The van der Waals surface area contributed by atoms with E-state index in [-0.39, 0.29) is 0 Å². The highest BCUT2D eigenvalue weighted by molar-refractivity contribution is 6.28. The molecular formula is C8H7ClN+. The van der Waals surface area contributed by atoms with Gasteiger partial charge in [-0.15, -0.1) is 6.42 Å². The molecule has 1 rings (SSSR count). The van der Waals surface area contributed by atoms with E-state index in [0.29, 0.717) is 11.7 Å². The summed E-state index contributed by atoms with van der Waals surface area (Å²) in [5.74, 6) is 2.50. The second kappa shape index (κ2) is 3.24. The van der Waals surface area contributed by atoms with Crippen LogP contribution in [0.25, 0.3) is 0 Å². The van der Waals surface area contributed by atoms with Crippen molar-refractivity contribution < 1.29 is 4.57 Å². The molecule has 10 heavy (non-hydrogen) atoms. The van der Waals surface area contributed by atoms with Crippen molar-refractivity contribution in [2.24, 2.45) is 0 Å². The zero-order valence-electron chi connectivity index (χ0n) is 5.42. The first-order chi connectivity index (χ1) is 4.84. The van der Waals surface area contributed by atoms with Crippen LogP contribution >= 0.6 is 11.6 Å². The fourth-order valence-corrected chi connectivity index (χ4v) is 0.871. The third-order valence-corrected chi connectivity index (χ3v) is 1.49. The normalized spacial score (nSPS) is 8.80. The molecule has 0 bridgehead atoms. The number of rotatable bonds is 1. The van der Waals surface area contributed by atoms with E-state index in [1.807, 2.05) is 18.3 Å². The van der Waals surface area contributed by atoms with E-state index in [0.717, 1.165) is 0 Å². The monoisotopic (exact) mass is 152 g/mol. The first-order valence-corrected chi connectivity index (χ1v) is 3.30. The molecular weight excluding hydrogens is 146 g/mol. The van der Waals surface area contributed by atoms with Crippen LogP contribution in [0.3, 0.4) is 0 Å². The summed E-state index contributed by atoms with van der Waals surface area (Å²) in [6.45, 7) is 0.527. The van der Waals surface area contributed by atoms with Gasteiger partial charge >= 0.3 is 0 Å². The van der Waals surface area contributed by atoms with Crippen molar-refractivity contribution >= 4 is 11.6 Å². The van der Waals surface area contributed by atoms with Crippen molar-refractivity contribution in [3.8, 4) is 12.3 Å². The van der Waals surface area contributed by atoms with Crippen LogP contribution in [0.2, 0.25) is 5.15 Å². The average molecular weight is 153 g/mol. The van der Waals surface area contributed by atoms with Crippen molar-refractivity contribution in [3.05, 3.63) is 29.5 Å². The van der Waals surface area contributed by atoms with Gasteiger partial charge in [0.2, 0.25) is 6.54 Å². The molecule has 0 radical (unpaired) electrons. The van der Waals surface area contributed by atoms with E-state index in [1.165, 1.54) is 0 Å². The molecule has 0 saturated heterocycles. The molecule has 0 N–H and O–H groups in total. The fraction of sp³-hybridized carbons (Fsp3) is 0.125. The minimum Gasteiger partial charge on any atom is -0.177 e. The maximum atomic E-state index is 5.77. The topological polar surface area (TPSA) is 3.88 Å². The van der Waals surface area contributed by atoms with Gasteiger partial charge < -0.3 is 0 Å². The second-order valence-electron chi connectivity index (χ2n) is 1.86. The van der Waals surface area contributed by atoms with Crippen molar-refractivity contribution in [3.63, 3.8) is 0 Å². The molecule has 50 valence electrons. The van der Waals surface area contributed by atoms with Crippen LogP contribution in [0.15, 0.2) is 24.4 Å². The Labute approximate surface area is 65.3 Å². The lowest BCUT2D eigenvalue weighted by atomic mass is 10.5. The Hall–Kier alpha value is -1.00. The van der Waals surface area contributed by atoms with E-state index in [2.05, 4.69) is 5.92 Å². The minimum atomic E-state index is 0.527. The smallest absolute Gasteiger partial charge is 0.177 e. The fourth-order valence-electron chi connectivity index (χ4n) is 0.682. The zero-order chi connectivity index (χ0) is 7.40. The van der Waals surface area contributed by atoms with E-state index < -0.39 is 0 Å². The zero-order valence-corrected chi connectivity index (χ0v) is 6.17. The van der Waals surface area contributed by atoms with Crippen molar-refractivity contribution in [1.29, 1.82) is 0 Å². The van der Waals surface area contributed by atoms with Gasteiger partial charge in [-0.3, -0.25) is 0 Å². The molecule has 1 heterocycles. The third-order valence-electron chi connectivity index (χ3n) is 1.15. The lowest BCUT2D eigenvalue weighted by Gasteiger charge is -1.89. The second-order valence-corrected chi connectivity index (χ2v) is 2.24. The highest BCUT2D eigenvalue weighted by atomic mass is 35.5. The summed E-state index contributed by atoms with van der Waals surface area (Å²) in [5, 5.41) is 0.667. The van der Waals surface area contributed by atoms with Crippen molar-refractivity contribution in [2.45, 2.75) is 6.54 Å². The molecule has 0 aliphatic carbocycles. The molecule has 1 aromatic heterocycles. The minimum absolute atomic E-state index is 0.527. The van der Waals surface area contributed by atoms with Gasteiger partial charge in [0.25, 0.3) is 5.15 Å².